The monoisotopic (exact) mass is 426 g/mol. The van der Waals surface area contributed by atoms with E-state index < -0.39 is 5.97 Å². The van der Waals surface area contributed by atoms with Crippen LogP contribution in [0.5, 0.6) is 0 Å². The van der Waals surface area contributed by atoms with Crippen molar-refractivity contribution in [2.75, 3.05) is 27.4 Å². The highest BCUT2D eigenvalue weighted by atomic mass is 16.5. The fourth-order valence-electron chi connectivity index (χ4n) is 3.88. The van der Waals surface area contributed by atoms with Crippen molar-refractivity contribution in [2.45, 2.75) is 72.2 Å². The van der Waals surface area contributed by atoms with Gasteiger partial charge in [-0.05, 0) is 40.0 Å². The Balaban J connectivity index is 0.00000103. The van der Waals surface area contributed by atoms with E-state index in [9.17, 15) is 4.79 Å². The number of hydrogen-bond donors (Lipinski definition) is 2. The van der Waals surface area contributed by atoms with Gasteiger partial charge in [0.2, 0.25) is 5.91 Å². The van der Waals surface area contributed by atoms with Gasteiger partial charge in [0, 0.05) is 64.0 Å². The molecule has 2 rings (SSSR count). The highest BCUT2D eigenvalue weighted by molar-refractivity contribution is 5.79. The summed E-state index contributed by atoms with van der Waals surface area (Å²) >= 11 is 0. The second-order valence-corrected chi connectivity index (χ2v) is 7.68. The van der Waals surface area contributed by atoms with Crippen LogP contribution in [0.3, 0.4) is 0 Å². The molecule has 1 amide bonds. The van der Waals surface area contributed by atoms with Crippen LogP contribution in [0, 0.1) is 19.8 Å². The van der Waals surface area contributed by atoms with Crippen LogP contribution < -0.4 is 5.73 Å². The predicted molar refractivity (Wildman–Crippen MR) is 114 cm³/mol. The van der Waals surface area contributed by atoms with Crippen molar-refractivity contribution >= 4 is 11.9 Å². The maximum absolute atomic E-state index is 13.2. The fraction of sp³-hybridized carbons (Fsp3) is 0.762. The molecule has 1 aliphatic rings. The van der Waals surface area contributed by atoms with Crippen molar-refractivity contribution in [3.8, 4) is 0 Å². The van der Waals surface area contributed by atoms with Gasteiger partial charge in [-0.3, -0.25) is 14.3 Å². The number of nitrogens with zero attached hydrogens (tertiary/aromatic N) is 3. The summed E-state index contributed by atoms with van der Waals surface area (Å²) in [5.41, 5.74) is 9.45. The average molecular weight is 427 g/mol. The maximum atomic E-state index is 13.2. The first-order valence-electron chi connectivity index (χ1n) is 10.4. The lowest BCUT2D eigenvalue weighted by Gasteiger charge is -2.35. The highest BCUT2D eigenvalue weighted by Gasteiger charge is 2.34. The number of ether oxygens (including phenoxy) is 2. The SMILES string of the molecule is CC(=O)O.CCn1nc(C)c(CN(CCOC)C(=O)[C@H]2CC[C@@H](OC)[C@H](N)C2)c1C. The summed E-state index contributed by atoms with van der Waals surface area (Å²) in [4.78, 5) is 24.1. The number of carbonyl (C=O) groups is 2. The number of hydrogen-bond acceptors (Lipinski definition) is 6. The number of nitrogens with two attached hydrogens (primary N) is 1. The quantitative estimate of drug-likeness (QED) is 0.649. The van der Waals surface area contributed by atoms with Gasteiger partial charge >= 0.3 is 0 Å². The molecule has 30 heavy (non-hydrogen) atoms. The Labute approximate surface area is 179 Å². The van der Waals surface area contributed by atoms with Crippen LogP contribution >= 0.6 is 0 Å². The lowest BCUT2D eigenvalue weighted by Crippen LogP contribution is -2.47. The zero-order valence-electron chi connectivity index (χ0n) is 19.2. The number of carboxylic acid groups (broad SMARTS) is 1. The zero-order chi connectivity index (χ0) is 22.8. The topological polar surface area (TPSA) is 120 Å². The smallest absolute Gasteiger partial charge is 0.300 e. The minimum absolute atomic E-state index is 0.0462. The molecule has 0 saturated heterocycles. The van der Waals surface area contributed by atoms with Gasteiger partial charge < -0.3 is 25.2 Å². The summed E-state index contributed by atoms with van der Waals surface area (Å²) in [6, 6.07) is -0.0849. The van der Waals surface area contributed by atoms with Gasteiger partial charge in [0.1, 0.15) is 0 Å². The van der Waals surface area contributed by atoms with Crippen molar-refractivity contribution in [3.63, 3.8) is 0 Å². The van der Waals surface area contributed by atoms with Gasteiger partial charge in [-0.15, -0.1) is 0 Å². The van der Waals surface area contributed by atoms with E-state index in [4.69, 9.17) is 25.1 Å². The van der Waals surface area contributed by atoms with Crippen LogP contribution in [0.2, 0.25) is 0 Å². The van der Waals surface area contributed by atoms with Gasteiger partial charge in [0.05, 0.1) is 18.4 Å². The number of carbonyl (C=O) groups excluding carboxylic acids is 1. The molecule has 1 saturated carbocycles. The van der Waals surface area contributed by atoms with Crippen LogP contribution in [-0.4, -0.2) is 71.2 Å². The van der Waals surface area contributed by atoms with Gasteiger partial charge in [0.15, 0.2) is 0 Å². The molecule has 1 fully saturated rings. The van der Waals surface area contributed by atoms with Crippen molar-refractivity contribution in [3.05, 3.63) is 17.0 Å². The highest BCUT2D eigenvalue weighted by Crippen LogP contribution is 2.28. The Morgan fingerprint density at radius 1 is 1.30 bits per heavy atom. The van der Waals surface area contributed by atoms with Crippen LogP contribution in [0.15, 0.2) is 0 Å². The summed E-state index contributed by atoms with van der Waals surface area (Å²) < 4.78 is 12.6. The largest absolute Gasteiger partial charge is 0.481 e. The first-order valence-corrected chi connectivity index (χ1v) is 10.4. The van der Waals surface area contributed by atoms with E-state index in [1.807, 2.05) is 16.5 Å². The molecule has 3 N–H and O–H groups in total. The second kappa shape index (κ2) is 12.7. The first kappa shape index (κ1) is 26.1. The molecular weight excluding hydrogens is 388 g/mol. The molecule has 0 unspecified atom stereocenters. The van der Waals surface area contributed by atoms with E-state index in [0.717, 1.165) is 43.3 Å². The maximum Gasteiger partial charge on any atom is 0.300 e. The van der Waals surface area contributed by atoms with Crippen LogP contribution in [0.4, 0.5) is 0 Å². The van der Waals surface area contributed by atoms with E-state index >= 15 is 0 Å². The molecule has 172 valence electrons. The lowest BCUT2D eigenvalue weighted by molar-refractivity contribution is -0.139. The molecule has 0 bridgehead atoms. The van der Waals surface area contributed by atoms with Crippen molar-refractivity contribution < 1.29 is 24.2 Å². The van der Waals surface area contributed by atoms with Gasteiger partial charge in [-0.1, -0.05) is 0 Å². The Kier molecular flexibility index (Phi) is 11.0. The Bertz CT molecular complexity index is 687. The van der Waals surface area contributed by atoms with Crippen molar-refractivity contribution in [1.29, 1.82) is 0 Å². The number of carboxylic acids is 1. The fourth-order valence-corrected chi connectivity index (χ4v) is 3.88. The van der Waals surface area contributed by atoms with E-state index in [1.165, 1.54) is 0 Å². The first-order chi connectivity index (χ1) is 14.2. The average Bonchev–Trinajstić information content (AvgIpc) is 2.97. The molecule has 1 aromatic heterocycles. The number of methoxy groups -OCH3 is 2. The summed E-state index contributed by atoms with van der Waals surface area (Å²) in [5, 5.41) is 12.0. The number of aryl methyl sites for hydroxylation is 2. The molecule has 1 aromatic rings. The summed E-state index contributed by atoms with van der Waals surface area (Å²) in [6.45, 7) is 9.72. The summed E-state index contributed by atoms with van der Waals surface area (Å²) in [6.07, 6.45) is 2.38. The molecule has 1 heterocycles. The molecule has 1 aliphatic carbocycles. The third kappa shape index (κ3) is 7.37. The summed E-state index contributed by atoms with van der Waals surface area (Å²) in [7, 11) is 3.35. The standard InChI is InChI=1S/C19H34N4O3.C2H4O2/c1-6-23-14(3)16(13(2)21-23)12-22(9-10-25-4)19(24)15-7-8-18(26-5)17(20)11-15;1-2(3)4/h15,17-18H,6-12,20H2,1-5H3;1H3,(H,3,4)/t15-,17+,18+;/m0./s1. The molecule has 9 heteroatoms. The Morgan fingerprint density at radius 3 is 2.40 bits per heavy atom. The van der Waals surface area contributed by atoms with E-state index in [-0.39, 0.29) is 24.0 Å². The normalized spacial score (nSPS) is 21.0. The minimum atomic E-state index is -0.833. The van der Waals surface area contributed by atoms with E-state index in [1.54, 1.807) is 14.2 Å². The second-order valence-electron chi connectivity index (χ2n) is 7.68. The van der Waals surface area contributed by atoms with E-state index in [0.29, 0.717) is 26.1 Å². The van der Waals surface area contributed by atoms with Crippen LogP contribution in [0.25, 0.3) is 0 Å². The molecule has 0 aliphatic heterocycles. The van der Waals surface area contributed by atoms with Gasteiger partial charge in [-0.2, -0.15) is 5.10 Å². The van der Waals surface area contributed by atoms with Crippen molar-refractivity contribution in [1.82, 2.24) is 14.7 Å². The number of amides is 1. The minimum Gasteiger partial charge on any atom is -0.481 e. The third-order valence-corrected chi connectivity index (χ3v) is 5.54. The number of aromatic nitrogens is 2. The summed E-state index contributed by atoms with van der Waals surface area (Å²) in [5.74, 6) is -0.717. The lowest BCUT2D eigenvalue weighted by atomic mass is 9.83. The van der Waals surface area contributed by atoms with Gasteiger partial charge in [-0.25, -0.2) is 0 Å². The Morgan fingerprint density at radius 2 is 1.93 bits per heavy atom. The number of rotatable bonds is 8. The molecule has 9 nitrogen and oxygen atoms in total. The van der Waals surface area contributed by atoms with Crippen LogP contribution in [-0.2, 0) is 32.2 Å². The van der Waals surface area contributed by atoms with Crippen molar-refractivity contribution in [2.24, 2.45) is 11.7 Å². The molecule has 3 atom stereocenters. The van der Waals surface area contributed by atoms with Gasteiger partial charge in [0.25, 0.3) is 5.97 Å². The number of aliphatic carboxylic acids is 1. The molecule has 0 radical (unpaired) electrons. The molecule has 0 spiro atoms. The zero-order valence-corrected chi connectivity index (χ0v) is 19.2. The van der Waals surface area contributed by atoms with Crippen LogP contribution in [0.1, 0.15) is 50.1 Å². The molecular formula is C21H38N4O5. The molecule has 0 aromatic carbocycles. The van der Waals surface area contributed by atoms with E-state index in [2.05, 4.69) is 18.9 Å². The predicted octanol–water partition coefficient (Wildman–Crippen LogP) is 1.73. The third-order valence-electron chi connectivity index (χ3n) is 5.54. The Hall–Kier alpha value is -1.97.